The summed E-state index contributed by atoms with van der Waals surface area (Å²) in [6.07, 6.45) is 2.89. The third-order valence-electron chi connectivity index (χ3n) is 6.00. The number of nitrogens with zero attached hydrogens (tertiary/aromatic N) is 4. The van der Waals surface area contributed by atoms with Gasteiger partial charge < -0.3 is 14.7 Å². The first-order chi connectivity index (χ1) is 16.0. The Bertz CT molecular complexity index is 1110. The van der Waals surface area contributed by atoms with Crippen LogP contribution in [0.15, 0.2) is 34.3 Å². The molecule has 2 amide bonds. The number of aryl methyl sites for hydroxylation is 2. The summed E-state index contributed by atoms with van der Waals surface area (Å²) in [6.45, 7) is 6.71. The van der Waals surface area contributed by atoms with Crippen LogP contribution in [0.5, 0.6) is 0 Å². The number of carbonyl (C=O) groups excluding carboxylic acids is 2. The summed E-state index contributed by atoms with van der Waals surface area (Å²) in [5.74, 6) is 0.138. The molecule has 3 heterocycles. The predicted molar refractivity (Wildman–Crippen MR) is 126 cm³/mol. The van der Waals surface area contributed by atoms with Crippen LogP contribution in [0.1, 0.15) is 61.5 Å². The first-order valence-electron chi connectivity index (χ1n) is 11.4. The molecule has 0 spiro atoms. The molecule has 1 aliphatic heterocycles. The highest BCUT2D eigenvalue weighted by Crippen LogP contribution is 2.28. The number of thiazole rings is 1. The Morgan fingerprint density at radius 3 is 2.70 bits per heavy atom. The van der Waals surface area contributed by atoms with Gasteiger partial charge in [-0.25, -0.2) is 4.98 Å². The van der Waals surface area contributed by atoms with Gasteiger partial charge in [-0.2, -0.15) is 4.98 Å². The fraction of sp³-hybridized carbons (Fsp3) is 0.458. The second-order valence-electron chi connectivity index (χ2n) is 8.38. The monoisotopic (exact) mass is 467 g/mol. The molecule has 1 aromatic carbocycles. The number of hydrogen-bond donors (Lipinski definition) is 1. The van der Waals surface area contributed by atoms with Gasteiger partial charge in [-0.1, -0.05) is 42.8 Å². The molecule has 3 aromatic rings. The average Bonchev–Trinajstić information content (AvgIpc) is 3.57. The van der Waals surface area contributed by atoms with Crippen molar-refractivity contribution in [1.29, 1.82) is 0 Å². The third kappa shape index (κ3) is 5.13. The number of nitrogens with one attached hydrogen (secondary N) is 1. The van der Waals surface area contributed by atoms with Gasteiger partial charge in [0.1, 0.15) is 12.0 Å². The fourth-order valence-corrected chi connectivity index (χ4v) is 5.08. The Balaban J connectivity index is 1.39. The number of aromatic nitrogens is 3. The zero-order valence-electron chi connectivity index (χ0n) is 19.2. The fourth-order valence-electron chi connectivity index (χ4n) is 4.27. The van der Waals surface area contributed by atoms with Gasteiger partial charge in [-0.05, 0) is 37.3 Å². The number of benzene rings is 1. The smallest absolute Gasteiger partial charge is 0.243 e. The van der Waals surface area contributed by atoms with Crippen LogP contribution < -0.4 is 5.32 Å². The summed E-state index contributed by atoms with van der Waals surface area (Å²) < 4.78 is 5.09. The van der Waals surface area contributed by atoms with E-state index in [0.717, 1.165) is 34.5 Å². The van der Waals surface area contributed by atoms with Crippen molar-refractivity contribution in [3.63, 3.8) is 0 Å². The summed E-state index contributed by atoms with van der Waals surface area (Å²) in [6, 6.07) is 7.67. The van der Waals surface area contributed by atoms with E-state index in [-0.39, 0.29) is 11.8 Å². The molecule has 2 aromatic heterocycles. The Hall–Kier alpha value is -3.07. The van der Waals surface area contributed by atoms with Crippen LogP contribution in [-0.2, 0) is 16.1 Å². The van der Waals surface area contributed by atoms with Gasteiger partial charge in [0.05, 0.1) is 16.1 Å². The van der Waals surface area contributed by atoms with E-state index in [0.29, 0.717) is 37.6 Å². The molecular weight excluding hydrogens is 438 g/mol. The van der Waals surface area contributed by atoms with E-state index in [9.17, 15) is 9.59 Å². The molecule has 0 unspecified atom stereocenters. The van der Waals surface area contributed by atoms with Gasteiger partial charge in [-0.15, -0.1) is 11.3 Å². The van der Waals surface area contributed by atoms with E-state index in [1.165, 1.54) is 0 Å². The van der Waals surface area contributed by atoms with Crippen LogP contribution in [0.25, 0.3) is 10.4 Å². The molecule has 1 fully saturated rings. The maximum atomic E-state index is 13.3. The molecule has 4 rings (SSSR count). The van der Waals surface area contributed by atoms with E-state index < -0.39 is 12.0 Å². The van der Waals surface area contributed by atoms with Gasteiger partial charge in [0.2, 0.25) is 17.7 Å². The van der Waals surface area contributed by atoms with E-state index in [1.807, 2.05) is 31.5 Å². The average molecular weight is 468 g/mol. The van der Waals surface area contributed by atoms with E-state index in [2.05, 4.69) is 32.6 Å². The summed E-state index contributed by atoms with van der Waals surface area (Å²) in [4.78, 5) is 37.7. The number of carbonyl (C=O) groups is 2. The molecule has 2 atom stereocenters. The van der Waals surface area contributed by atoms with Crippen molar-refractivity contribution < 1.29 is 14.1 Å². The number of likely N-dealkylation sites (tertiary alicyclic amines) is 1. The Labute approximate surface area is 197 Å². The van der Waals surface area contributed by atoms with Crippen LogP contribution in [-0.4, -0.2) is 44.4 Å². The molecule has 1 N–H and O–H groups in total. The maximum absolute atomic E-state index is 13.3. The second kappa shape index (κ2) is 10.2. The second-order valence-corrected chi connectivity index (χ2v) is 9.24. The highest BCUT2D eigenvalue weighted by molar-refractivity contribution is 7.13. The molecule has 1 aliphatic rings. The van der Waals surface area contributed by atoms with Gasteiger partial charge >= 0.3 is 0 Å². The van der Waals surface area contributed by atoms with Crippen LogP contribution in [0.3, 0.4) is 0 Å². The topological polar surface area (TPSA) is 101 Å². The molecule has 8 nitrogen and oxygen atoms in total. The molecule has 0 radical (unpaired) electrons. The maximum Gasteiger partial charge on any atom is 0.243 e. The van der Waals surface area contributed by atoms with Gasteiger partial charge in [0, 0.05) is 20.0 Å². The van der Waals surface area contributed by atoms with E-state index in [4.69, 9.17) is 4.52 Å². The molecule has 0 bridgehead atoms. The molecular formula is C24H29N5O3S. The van der Waals surface area contributed by atoms with Crippen LogP contribution in [0, 0.1) is 13.8 Å². The van der Waals surface area contributed by atoms with Crippen LogP contribution >= 0.6 is 11.3 Å². The minimum absolute atomic E-state index is 0.0976. The highest BCUT2D eigenvalue weighted by atomic mass is 32.1. The summed E-state index contributed by atoms with van der Waals surface area (Å²) in [5, 5.41) is 6.98. The normalized spacial score (nSPS) is 16.7. The molecule has 174 valence electrons. The predicted octanol–water partition coefficient (Wildman–Crippen LogP) is 4.00. The van der Waals surface area contributed by atoms with Crippen molar-refractivity contribution >= 4 is 23.2 Å². The Morgan fingerprint density at radius 1 is 1.27 bits per heavy atom. The van der Waals surface area contributed by atoms with Gasteiger partial charge in [-0.3, -0.25) is 9.59 Å². The summed E-state index contributed by atoms with van der Waals surface area (Å²) in [7, 11) is 0. The van der Waals surface area contributed by atoms with Crippen molar-refractivity contribution in [3.05, 3.63) is 52.7 Å². The lowest BCUT2D eigenvalue weighted by atomic mass is 10.0. The Kier molecular flexibility index (Phi) is 7.17. The zero-order chi connectivity index (χ0) is 23.4. The molecule has 0 aliphatic carbocycles. The molecule has 9 heteroatoms. The highest BCUT2D eigenvalue weighted by Gasteiger charge is 2.38. The number of rotatable bonds is 8. The van der Waals surface area contributed by atoms with Crippen molar-refractivity contribution in [2.75, 3.05) is 6.54 Å². The van der Waals surface area contributed by atoms with Gasteiger partial charge in [0.15, 0.2) is 5.82 Å². The van der Waals surface area contributed by atoms with E-state index in [1.54, 1.807) is 23.2 Å². The van der Waals surface area contributed by atoms with Crippen molar-refractivity contribution in [3.8, 4) is 10.4 Å². The summed E-state index contributed by atoms with van der Waals surface area (Å²) >= 11 is 1.62. The Morgan fingerprint density at radius 2 is 2.06 bits per heavy atom. The minimum Gasteiger partial charge on any atom is -0.350 e. The first-order valence-corrected chi connectivity index (χ1v) is 12.2. The van der Waals surface area contributed by atoms with E-state index >= 15 is 0 Å². The van der Waals surface area contributed by atoms with Crippen LogP contribution in [0.4, 0.5) is 0 Å². The summed E-state index contributed by atoms with van der Waals surface area (Å²) in [5.41, 5.74) is 5.00. The zero-order valence-corrected chi connectivity index (χ0v) is 20.0. The molecule has 33 heavy (non-hydrogen) atoms. The molecule has 0 saturated carbocycles. The molecule has 1 saturated heterocycles. The first kappa shape index (κ1) is 23.1. The van der Waals surface area contributed by atoms with Crippen LogP contribution in [0.2, 0.25) is 0 Å². The minimum atomic E-state index is -0.483. The largest absolute Gasteiger partial charge is 0.350 e. The number of amides is 2. The standard InChI is InChI=1S/C24H29N5O3S/c1-4-6-19(22-27-16(3)32-28-22)24(31)29-12-5-7-20(29)23(30)25-13-17-8-10-18(11-9-17)21-15(2)26-14-33-21/h8-11,14,19-20H,4-7,12-13H2,1-3H3,(H,25,30)/t19-,20+/m1/s1. The van der Waals surface area contributed by atoms with Crippen molar-refractivity contribution in [2.24, 2.45) is 0 Å². The van der Waals surface area contributed by atoms with Crippen molar-refractivity contribution in [1.82, 2.24) is 25.3 Å². The lowest BCUT2D eigenvalue weighted by molar-refractivity contribution is -0.140. The lowest BCUT2D eigenvalue weighted by Gasteiger charge is -2.27. The van der Waals surface area contributed by atoms with Crippen molar-refractivity contribution in [2.45, 2.75) is 65.0 Å². The lowest BCUT2D eigenvalue weighted by Crippen LogP contribution is -2.47. The third-order valence-corrected chi connectivity index (χ3v) is 6.97. The number of hydrogen-bond acceptors (Lipinski definition) is 7. The van der Waals surface area contributed by atoms with Gasteiger partial charge in [0.25, 0.3) is 0 Å². The SMILES string of the molecule is CCC[C@@H](C(=O)N1CCC[C@H]1C(=O)NCc1ccc(-c2scnc2C)cc1)c1noc(C)n1. The quantitative estimate of drug-likeness (QED) is 0.537.